The van der Waals surface area contributed by atoms with E-state index in [2.05, 4.69) is 21.6 Å². The van der Waals surface area contributed by atoms with Crippen LogP contribution in [-0.2, 0) is 0 Å². The van der Waals surface area contributed by atoms with E-state index >= 15 is 0 Å². The van der Waals surface area contributed by atoms with Gasteiger partial charge in [0.1, 0.15) is 11.3 Å². The third-order valence-corrected chi connectivity index (χ3v) is 3.38. The molecule has 1 aliphatic rings. The first-order valence-electron chi connectivity index (χ1n) is 6.12. The smallest absolute Gasteiger partial charge is 0.147 e. The SMILES string of the molecule is Cc1[nH]nc2c(OCC3CCNC3)cccc12. The lowest BCUT2D eigenvalue weighted by atomic mass is 10.1. The summed E-state index contributed by atoms with van der Waals surface area (Å²) < 4.78 is 5.89. The molecule has 1 saturated heterocycles. The quantitative estimate of drug-likeness (QED) is 0.847. The van der Waals surface area contributed by atoms with E-state index in [1.807, 2.05) is 19.1 Å². The van der Waals surface area contributed by atoms with Crippen molar-refractivity contribution in [3.63, 3.8) is 0 Å². The molecule has 4 heteroatoms. The number of fused-ring (bicyclic) bond motifs is 1. The topological polar surface area (TPSA) is 49.9 Å². The minimum atomic E-state index is 0.630. The highest BCUT2D eigenvalue weighted by Gasteiger charge is 2.16. The van der Waals surface area contributed by atoms with Crippen molar-refractivity contribution in [2.75, 3.05) is 19.7 Å². The van der Waals surface area contributed by atoms with Crippen molar-refractivity contribution in [3.8, 4) is 5.75 Å². The molecule has 1 aromatic heterocycles. The molecule has 0 radical (unpaired) electrons. The maximum Gasteiger partial charge on any atom is 0.147 e. The van der Waals surface area contributed by atoms with Crippen molar-refractivity contribution in [1.29, 1.82) is 0 Å². The van der Waals surface area contributed by atoms with Gasteiger partial charge < -0.3 is 10.1 Å². The lowest BCUT2D eigenvalue weighted by Crippen LogP contribution is -2.15. The van der Waals surface area contributed by atoms with Crippen LogP contribution in [0.3, 0.4) is 0 Å². The Morgan fingerprint density at radius 1 is 1.47 bits per heavy atom. The highest BCUT2D eigenvalue weighted by Crippen LogP contribution is 2.26. The Bertz CT molecular complexity index is 514. The molecule has 1 unspecified atom stereocenters. The van der Waals surface area contributed by atoms with Crippen molar-refractivity contribution >= 4 is 10.9 Å². The number of nitrogens with one attached hydrogen (secondary N) is 2. The second-order valence-corrected chi connectivity index (χ2v) is 4.67. The number of ether oxygens (including phenoxy) is 1. The van der Waals surface area contributed by atoms with E-state index < -0.39 is 0 Å². The molecule has 0 saturated carbocycles. The number of hydrogen-bond donors (Lipinski definition) is 2. The standard InChI is InChI=1S/C13H17N3O/c1-9-11-3-2-4-12(13(11)16-15-9)17-8-10-5-6-14-7-10/h2-4,10,14H,5-8H2,1H3,(H,15,16). The summed E-state index contributed by atoms with van der Waals surface area (Å²) >= 11 is 0. The minimum Gasteiger partial charge on any atom is -0.491 e. The number of aromatic nitrogens is 2. The van der Waals surface area contributed by atoms with E-state index in [0.29, 0.717) is 5.92 Å². The first kappa shape index (κ1) is 10.6. The third-order valence-electron chi connectivity index (χ3n) is 3.38. The van der Waals surface area contributed by atoms with Gasteiger partial charge in [-0.3, -0.25) is 5.10 Å². The van der Waals surface area contributed by atoms with Crippen LogP contribution in [0.15, 0.2) is 18.2 Å². The Morgan fingerprint density at radius 2 is 2.41 bits per heavy atom. The Kier molecular flexibility index (Phi) is 2.73. The molecule has 1 aliphatic heterocycles. The number of hydrogen-bond acceptors (Lipinski definition) is 3. The summed E-state index contributed by atoms with van der Waals surface area (Å²) in [5, 5.41) is 11.8. The summed E-state index contributed by atoms with van der Waals surface area (Å²) in [4.78, 5) is 0. The molecule has 90 valence electrons. The highest BCUT2D eigenvalue weighted by atomic mass is 16.5. The van der Waals surface area contributed by atoms with Gasteiger partial charge in [0.05, 0.1) is 6.61 Å². The van der Waals surface area contributed by atoms with Crippen LogP contribution >= 0.6 is 0 Å². The van der Waals surface area contributed by atoms with E-state index in [9.17, 15) is 0 Å². The molecule has 2 aromatic rings. The first-order chi connectivity index (χ1) is 8.34. The van der Waals surface area contributed by atoms with Crippen molar-refractivity contribution in [2.45, 2.75) is 13.3 Å². The zero-order valence-corrected chi connectivity index (χ0v) is 9.99. The lowest BCUT2D eigenvalue weighted by molar-refractivity contribution is 0.262. The normalized spacial score (nSPS) is 19.9. The summed E-state index contributed by atoms with van der Waals surface area (Å²) in [6.07, 6.45) is 1.20. The Hall–Kier alpha value is -1.55. The van der Waals surface area contributed by atoms with Gasteiger partial charge in [0.15, 0.2) is 0 Å². The monoisotopic (exact) mass is 231 g/mol. The molecule has 0 spiro atoms. The molecule has 17 heavy (non-hydrogen) atoms. The van der Waals surface area contributed by atoms with Crippen LogP contribution in [0.4, 0.5) is 0 Å². The number of para-hydroxylation sites is 1. The maximum absolute atomic E-state index is 5.89. The molecule has 0 bridgehead atoms. The number of rotatable bonds is 3. The first-order valence-corrected chi connectivity index (χ1v) is 6.12. The predicted molar refractivity (Wildman–Crippen MR) is 67.3 cm³/mol. The zero-order valence-electron chi connectivity index (χ0n) is 9.99. The van der Waals surface area contributed by atoms with Gasteiger partial charge in [0.2, 0.25) is 0 Å². The van der Waals surface area contributed by atoms with E-state index in [1.54, 1.807) is 0 Å². The molecular weight excluding hydrogens is 214 g/mol. The van der Waals surface area contributed by atoms with Crippen LogP contribution in [-0.4, -0.2) is 29.9 Å². The van der Waals surface area contributed by atoms with Gasteiger partial charge in [-0.25, -0.2) is 0 Å². The third kappa shape index (κ3) is 2.00. The summed E-state index contributed by atoms with van der Waals surface area (Å²) in [7, 11) is 0. The van der Waals surface area contributed by atoms with Gasteiger partial charge in [0.25, 0.3) is 0 Å². The highest BCUT2D eigenvalue weighted by molar-refractivity contribution is 5.86. The fourth-order valence-corrected chi connectivity index (χ4v) is 2.32. The number of aromatic amines is 1. The van der Waals surface area contributed by atoms with Crippen LogP contribution < -0.4 is 10.1 Å². The van der Waals surface area contributed by atoms with Crippen molar-refractivity contribution in [1.82, 2.24) is 15.5 Å². The van der Waals surface area contributed by atoms with Crippen LogP contribution in [0, 0.1) is 12.8 Å². The van der Waals surface area contributed by atoms with Gasteiger partial charge >= 0.3 is 0 Å². The van der Waals surface area contributed by atoms with Crippen LogP contribution in [0.5, 0.6) is 5.75 Å². The second-order valence-electron chi connectivity index (χ2n) is 4.67. The Morgan fingerprint density at radius 3 is 3.24 bits per heavy atom. The molecular formula is C13H17N3O. The Balaban J connectivity index is 1.79. The van der Waals surface area contributed by atoms with E-state index in [1.165, 1.54) is 6.42 Å². The molecule has 0 amide bonds. The maximum atomic E-state index is 5.89. The molecule has 4 nitrogen and oxygen atoms in total. The van der Waals surface area contributed by atoms with Gasteiger partial charge in [0, 0.05) is 23.5 Å². The molecule has 1 fully saturated rings. The van der Waals surface area contributed by atoms with Gasteiger partial charge in [-0.1, -0.05) is 12.1 Å². The summed E-state index contributed by atoms with van der Waals surface area (Å²) in [5.74, 6) is 1.52. The van der Waals surface area contributed by atoms with E-state index in [0.717, 1.165) is 42.0 Å². The fraction of sp³-hybridized carbons (Fsp3) is 0.462. The van der Waals surface area contributed by atoms with Crippen molar-refractivity contribution in [3.05, 3.63) is 23.9 Å². The summed E-state index contributed by atoms with van der Waals surface area (Å²) in [6.45, 7) is 4.98. The average Bonchev–Trinajstić information content (AvgIpc) is 2.97. The van der Waals surface area contributed by atoms with Crippen molar-refractivity contribution in [2.24, 2.45) is 5.92 Å². The van der Waals surface area contributed by atoms with Gasteiger partial charge in [-0.2, -0.15) is 5.10 Å². The Labute approximate surface area is 100 Å². The number of nitrogens with zero attached hydrogens (tertiary/aromatic N) is 1. The minimum absolute atomic E-state index is 0.630. The van der Waals surface area contributed by atoms with Crippen LogP contribution in [0.25, 0.3) is 10.9 Å². The van der Waals surface area contributed by atoms with E-state index in [-0.39, 0.29) is 0 Å². The van der Waals surface area contributed by atoms with Gasteiger partial charge in [-0.05, 0) is 26.0 Å². The molecule has 0 aliphatic carbocycles. The second kappa shape index (κ2) is 4.37. The fourth-order valence-electron chi connectivity index (χ4n) is 2.32. The average molecular weight is 231 g/mol. The number of benzene rings is 1. The van der Waals surface area contributed by atoms with Crippen LogP contribution in [0.1, 0.15) is 12.1 Å². The summed E-state index contributed by atoms with van der Waals surface area (Å²) in [6, 6.07) is 6.08. The largest absolute Gasteiger partial charge is 0.491 e. The number of H-pyrrole nitrogens is 1. The molecule has 2 N–H and O–H groups in total. The molecule has 1 atom stereocenters. The summed E-state index contributed by atoms with van der Waals surface area (Å²) in [5.41, 5.74) is 2.03. The predicted octanol–water partition coefficient (Wildman–Crippen LogP) is 1.86. The van der Waals surface area contributed by atoms with Crippen molar-refractivity contribution < 1.29 is 4.74 Å². The zero-order chi connectivity index (χ0) is 11.7. The van der Waals surface area contributed by atoms with Crippen LogP contribution in [0.2, 0.25) is 0 Å². The lowest BCUT2D eigenvalue weighted by Gasteiger charge is -2.10. The number of aryl methyl sites for hydroxylation is 1. The molecule has 1 aromatic carbocycles. The molecule has 2 heterocycles. The molecule has 3 rings (SSSR count). The van der Waals surface area contributed by atoms with E-state index in [4.69, 9.17) is 4.74 Å². The van der Waals surface area contributed by atoms with Gasteiger partial charge in [-0.15, -0.1) is 0 Å².